The van der Waals surface area contributed by atoms with E-state index in [1.807, 2.05) is 0 Å². The number of methoxy groups -OCH3 is 2. The highest BCUT2D eigenvalue weighted by Gasteiger charge is 2.22. The summed E-state index contributed by atoms with van der Waals surface area (Å²) in [5.74, 6) is -2.92. The second kappa shape index (κ2) is 6.89. The third kappa shape index (κ3) is 3.21. The summed E-state index contributed by atoms with van der Waals surface area (Å²) in [6.07, 6.45) is 0. The van der Waals surface area contributed by atoms with Gasteiger partial charge in [0, 0.05) is 0 Å². The number of nitrogens with two attached hydrogens (primary N) is 2. The van der Waals surface area contributed by atoms with Crippen molar-refractivity contribution in [2.45, 2.75) is 0 Å². The highest BCUT2D eigenvalue weighted by molar-refractivity contribution is 6.45. The monoisotopic (exact) mass is 308 g/mol. The largest absolute Gasteiger partial charge is 0.493 e. The fraction of sp³-hybridized carbons (Fsp3) is 0.167. The lowest BCUT2D eigenvalue weighted by atomic mass is 10.1. The zero-order chi connectivity index (χ0) is 16.9. The van der Waals surface area contributed by atoms with Crippen molar-refractivity contribution in [3.05, 3.63) is 17.4 Å². The van der Waals surface area contributed by atoms with Gasteiger partial charge in [0.1, 0.15) is 11.8 Å². The molecule has 0 radical (unpaired) electrons. The van der Waals surface area contributed by atoms with E-state index in [1.165, 1.54) is 20.3 Å². The molecular formula is C12H13FN6O3. The Balaban J connectivity index is 3.49. The maximum Gasteiger partial charge on any atom is 0.251 e. The molecule has 0 aliphatic carbocycles. The minimum absolute atomic E-state index is 0.0459. The van der Waals surface area contributed by atoms with Gasteiger partial charge in [-0.2, -0.15) is 10.4 Å². The number of amidine groups is 1. The number of rotatable bonds is 6. The van der Waals surface area contributed by atoms with E-state index in [4.69, 9.17) is 31.6 Å². The maximum absolute atomic E-state index is 14.4. The third-order valence-corrected chi connectivity index (χ3v) is 2.52. The van der Waals surface area contributed by atoms with E-state index in [-0.39, 0.29) is 17.1 Å². The van der Waals surface area contributed by atoms with Gasteiger partial charge in [-0.05, 0) is 6.07 Å². The highest BCUT2D eigenvalue weighted by atomic mass is 19.1. The van der Waals surface area contributed by atoms with Crippen LogP contribution in [0.2, 0.25) is 0 Å². The van der Waals surface area contributed by atoms with E-state index in [0.717, 1.165) is 6.07 Å². The summed E-state index contributed by atoms with van der Waals surface area (Å²) in [7, 11) is 2.46. The Morgan fingerprint density at radius 3 is 2.50 bits per heavy atom. The molecule has 1 aromatic carbocycles. The first kappa shape index (κ1) is 16.7. The Hall–Kier alpha value is -3.35. The van der Waals surface area contributed by atoms with Gasteiger partial charge >= 0.3 is 0 Å². The Morgan fingerprint density at radius 2 is 2.09 bits per heavy atom. The molecule has 1 amide bonds. The summed E-state index contributed by atoms with van der Waals surface area (Å²) in [6, 6.07) is 2.69. The molecule has 6 N–H and O–H groups in total. The molecule has 0 heterocycles. The first-order valence-corrected chi connectivity index (χ1v) is 5.69. The average molecular weight is 308 g/mol. The summed E-state index contributed by atoms with van der Waals surface area (Å²) in [4.78, 5) is 11.4. The van der Waals surface area contributed by atoms with E-state index >= 15 is 0 Å². The van der Waals surface area contributed by atoms with Crippen molar-refractivity contribution in [1.29, 1.82) is 10.7 Å². The molecule has 0 bridgehead atoms. The summed E-state index contributed by atoms with van der Waals surface area (Å²) in [5.41, 5.74) is 11.2. The number of nitriles is 1. The number of carbonyl (C=O) groups excluding carboxylic acids is 1. The van der Waals surface area contributed by atoms with E-state index < -0.39 is 29.0 Å². The van der Waals surface area contributed by atoms with Gasteiger partial charge in [0.15, 0.2) is 23.2 Å². The zero-order valence-electron chi connectivity index (χ0n) is 11.7. The Morgan fingerprint density at radius 1 is 1.45 bits per heavy atom. The molecule has 0 fully saturated rings. The number of anilines is 1. The van der Waals surface area contributed by atoms with Gasteiger partial charge in [-0.1, -0.05) is 0 Å². The number of ether oxygens (including phenoxy) is 2. The highest BCUT2D eigenvalue weighted by Crippen LogP contribution is 2.37. The molecule has 116 valence electrons. The summed E-state index contributed by atoms with van der Waals surface area (Å²) >= 11 is 0. The number of halogens is 1. The van der Waals surface area contributed by atoms with Crippen LogP contribution in [0.4, 0.5) is 10.1 Å². The third-order valence-electron chi connectivity index (χ3n) is 2.52. The Kier molecular flexibility index (Phi) is 5.23. The molecule has 0 saturated carbocycles. The van der Waals surface area contributed by atoms with Crippen LogP contribution in [0.3, 0.4) is 0 Å². The van der Waals surface area contributed by atoms with E-state index in [9.17, 15) is 9.18 Å². The topological polar surface area (TPSA) is 160 Å². The van der Waals surface area contributed by atoms with Crippen LogP contribution >= 0.6 is 0 Å². The van der Waals surface area contributed by atoms with Crippen molar-refractivity contribution in [2.75, 3.05) is 19.6 Å². The van der Waals surface area contributed by atoms with Crippen molar-refractivity contribution in [1.82, 2.24) is 0 Å². The van der Waals surface area contributed by atoms with Gasteiger partial charge in [0.05, 0.1) is 19.8 Å². The molecule has 0 aromatic heterocycles. The van der Waals surface area contributed by atoms with Gasteiger partial charge in [0.25, 0.3) is 5.91 Å². The summed E-state index contributed by atoms with van der Waals surface area (Å²) in [5, 5.41) is 19.3. The smallest absolute Gasteiger partial charge is 0.251 e. The molecule has 0 aliphatic heterocycles. The van der Waals surface area contributed by atoms with Gasteiger partial charge in [0.2, 0.25) is 5.71 Å². The molecule has 0 saturated heterocycles. The SMILES string of the molecule is COc1cc(C(N)=O)c(N/N=C(\C#N)C(=N)N)c(F)c1OC. The second-order valence-electron chi connectivity index (χ2n) is 3.81. The van der Waals surface area contributed by atoms with Crippen LogP contribution in [0.1, 0.15) is 10.4 Å². The van der Waals surface area contributed by atoms with Gasteiger partial charge in [-0.15, -0.1) is 0 Å². The number of nitrogens with one attached hydrogen (secondary N) is 2. The molecular weight excluding hydrogens is 295 g/mol. The van der Waals surface area contributed by atoms with Crippen LogP contribution in [0.15, 0.2) is 11.2 Å². The van der Waals surface area contributed by atoms with E-state index in [0.29, 0.717) is 0 Å². The number of hydrazone groups is 1. The molecule has 0 spiro atoms. The predicted molar refractivity (Wildman–Crippen MR) is 76.6 cm³/mol. The number of benzene rings is 1. The van der Waals surface area contributed by atoms with Crippen molar-refractivity contribution in [3.8, 4) is 17.6 Å². The minimum atomic E-state index is -1.000. The summed E-state index contributed by atoms with van der Waals surface area (Å²) < 4.78 is 24.1. The zero-order valence-corrected chi connectivity index (χ0v) is 11.7. The number of nitrogens with zero attached hydrogens (tertiary/aromatic N) is 2. The van der Waals surface area contributed by atoms with Gasteiger partial charge in [-0.3, -0.25) is 15.6 Å². The number of carbonyl (C=O) groups is 1. The lowest BCUT2D eigenvalue weighted by Gasteiger charge is -2.14. The fourth-order valence-corrected chi connectivity index (χ4v) is 1.51. The van der Waals surface area contributed by atoms with Crippen LogP contribution in [0.25, 0.3) is 0 Å². The fourth-order valence-electron chi connectivity index (χ4n) is 1.51. The number of primary amides is 1. The van der Waals surface area contributed by atoms with E-state index in [1.54, 1.807) is 0 Å². The van der Waals surface area contributed by atoms with Crippen molar-refractivity contribution in [3.63, 3.8) is 0 Å². The Bertz CT molecular complexity index is 695. The number of amides is 1. The van der Waals surface area contributed by atoms with Crippen molar-refractivity contribution >= 4 is 23.1 Å². The maximum atomic E-state index is 14.4. The standard InChI is InChI=1S/C12H13FN6O3/c1-21-7-3-5(12(17)20)9(8(13)10(7)22-2)19-18-6(4-14)11(15)16/h3,19H,1-2H3,(H3,15,16)(H2,17,20)/b18-6+. The normalized spacial score (nSPS) is 10.5. The number of hydrogen-bond acceptors (Lipinski definition) is 7. The van der Waals surface area contributed by atoms with Crippen LogP contribution in [0.5, 0.6) is 11.5 Å². The van der Waals surface area contributed by atoms with Gasteiger partial charge in [-0.25, -0.2) is 4.39 Å². The average Bonchev–Trinajstić information content (AvgIpc) is 2.47. The van der Waals surface area contributed by atoms with Crippen LogP contribution in [-0.4, -0.2) is 31.7 Å². The summed E-state index contributed by atoms with van der Waals surface area (Å²) in [6.45, 7) is 0. The van der Waals surface area contributed by atoms with Crippen molar-refractivity contribution < 1.29 is 18.7 Å². The van der Waals surface area contributed by atoms with Crippen LogP contribution in [-0.2, 0) is 0 Å². The minimum Gasteiger partial charge on any atom is -0.493 e. The molecule has 22 heavy (non-hydrogen) atoms. The second-order valence-corrected chi connectivity index (χ2v) is 3.81. The van der Waals surface area contributed by atoms with Crippen LogP contribution < -0.4 is 26.4 Å². The van der Waals surface area contributed by atoms with Gasteiger partial charge < -0.3 is 20.9 Å². The predicted octanol–water partition coefficient (Wildman–Crippen LogP) is 0.169. The Labute approximate surface area is 124 Å². The lowest BCUT2D eigenvalue weighted by Crippen LogP contribution is -2.22. The van der Waals surface area contributed by atoms with E-state index in [2.05, 4.69) is 10.5 Å². The first-order valence-electron chi connectivity index (χ1n) is 5.69. The van der Waals surface area contributed by atoms with Crippen LogP contribution in [0, 0.1) is 22.6 Å². The molecule has 0 aliphatic rings. The quantitative estimate of drug-likeness (QED) is 0.333. The first-order chi connectivity index (χ1) is 10.4. The molecule has 0 unspecified atom stereocenters. The van der Waals surface area contributed by atoms with Crippen molar-refractivity contribution in [2.24, 2.45) is 16.6 Å². The number of hydrogen-bond donors (Lipinski definition) is 4. The molecule has 0 atom stereocenters. The molecule has 1 rings (SSSR count). The molecule has 10 heteroatoms. The molecule has 9 nitrogen and oxygen atoms in total. The lowest BCUT2D eigenvalue weighted by molar-refractivity contribution is 0.1000. The molecule has 1 aromatic rings.